The standard InChI is InChI=1S/C27H20ClF6N5O/c1-14-12-38(25-19(28)8-15(13-40)11-35-25)6-7-39(14)26-36-23(16-2-4-18(5-3-16)27(32,33)34)24(37-26)17-9-20(29)22(31)21(30)10-17/h2-5,8-11,40H,1,6-7,12-13H2,(H,36,37). The molecule has 0 bridgehead atoms. The van der Waals surface area contributed by atoms with Gasteiger partial charge in [-0.2, -0.15) is 13.2 Å². The number of H-pyrrole nitrogens is 1. The van der Waals surface area contributed by atoms with E-state index in [1.165, 1.54) is 18.3 Å². The summed E-state index contributed by atoms with van der Waals surface area (Å²) in [7, 11) is 0. The van der Waals surface area contributed by atoms with Crippen LogP contribution in [0.25, 0.3) is 22.5 Å². The Kier molecular flexibility index (Phi) is 7.23. The van der Waals surface area contributed by atoms with Crippen molar-refractivity contribution in [3.63, 3.8) is 0 Å². The monoisotopic (exact) mass is 579 g/mol. The Morgan fingerprint density at radius 2 is 1.68 bits per heavy atom. The van der Waals surface area contributed by atoms with Gasteiger partial charge in [-0.1, -0.05) is 30.3 Å². The zero-order valence-electron chi connectivity index (χ0n) is 20.5. The maximum atomic E-state index is 14.1. The minimum atomic E-state index is -4.56. The number of nitrogens with zero attached hydrogens (tertiary/aromatic N) is 4. The van der Waals surface area contributed by atoms with Crippen molar-refractivity contribution in [1.82, 2.24) is 15.0 Å². The number of anilines is 2. The predicted molar refractivity (Wildman–Crippen MR) is 138 cm³/mol. The molecule has 0 amide bonds. The van der Waals surface area contributed by atoms with E-state index in [0.29, 0.717) is 35.2 Å². The van der Waals surface area contributed by atoms with Crippen LogP contribution in [0.4, 0.5) is 38.1 Å². The Morgan fingerprint density at radius 1 is 1.00 bits per heavy atom. The molecule has 1 aliphatic heterocycles. The van der Waals surface area contributed by atoms with Gasteiger partial charge in [0.25, 0.3) is 0 Å². The highest BCUT2D eigenvalue weighted by Gasteiger charge is 2.31. The topological polar surface area (TPSA) is 68.3 Å². The average Bonchev–Trinajstić information content (AvgIpc) is 3.36. The number of hydrogen-bond donors (Lipinski definition) is 2. The average molecular weight is 580 g/mol. The molecule has 0 saturated carbocycles. The van der Waals surface area contributed by atoms with Gasteiger partial charge in [-0.05, 0) is 35.9 Å². The first-order valence-electron chi connectivity index (χ1n) is 11.8. The summed E-state index contributed by atoms with van der Waals surface area (Å²) in [4.78, 5) is 15.4. The van der Waals surface area contributed by atoms with Crippen LogP contribution in [0.15, 0.2) is 60.9 Å². The van der Waals surface area contributed by atoms with Gasteiger partial charge in [-0.25, -0.2) is 23.1 Å². The second-order valence-electron chi connectivity index (χ2n) is 9.06. The van der Waals surface area contributed by atoms with E-state index in [4.69, 9.17) is 11.6 Å². The number of imidazole rings is 1. The number of aliphatic hydroxyl groups excluding tert-OH is 1. The number of benzene rings is 2. The summed E-state index contributed by atoms with van der Waals surface area (Å²) in [6.07, 6.45) is -3.05. The van der Waals surface area contributed by atoms with E-state index < -0.39 is 29.2 Å². The largest absolute Gasteiger partial charge is 0.416 e. The first-order valence-corrected chi connectivity index (χ1v) is 12.2. The molecule has 0 aliphatic carbocycles. The fourth-order valence-corrected chi connectivity index (χ4v) is 4.72. The van der Waals surface area contributed by atoms with Gasteiger partial charge in [-0.3, -0.25) is 0 Å². The molecule has 1 fully saturated rings. The zero-order valence-corrected chi connectivity index (χ0v) is 21.3. The number of aliphatic hydroxyl groups is 1. The van der Waals surface area contributed by atoms with E-state index >= 15 is 0 Å². The Morgan fingerprint density at radius 3 is 2.25 bits per heavy atom. The van der Waals surface area contributed by atoms with Crippen molar-refractivity contribution in [2.24, 2.45) is 0 Å². The lowest BCUT2D eigenvalue weighted by Crippen LogP contribution is -2.45. The second kappa shape index (κ2) is 10.5. The summed E-state index contributed by atoms with van der Waals surface area (Å²) >= 11 is 6.34. The smallest absolute Gasteiger partial charge is 0.392 e. The molecule has 13 heteroatoms. The van der Waals surface area contributed by atoms with Gasteiger partial charge in [-0.15, -0.1) is 0 Å². The van der Waals surface area contributed by atoms with Crippen LogP contribution in [-0.4, -0.2) is 39.7 Å². The molecule has 2 aromatic carbocycles. The molecule has 1 aliphatic rings. The number of pyridine rings is 1. The van der Waals surface area contributed by atoms with E-state index in [-0.39, 0.29) is 41.6 Å². The maximum absolute atomic E-state index is 14.1. The summed E-state index contributed by atoms with van der Waals surface area (Å²) in [5.74, 6) is -3.82. The fourth-order valence-electron chi connectivity index (χ4n) is 4.41. The highest BCUT2D eigenvalue weighted by Crippen LogP contribution is 2.37. The molecule has 6 nitrogen and oxygen atoms in total. The predicted octanol–water partition coefficient (Wildman–Crippen LogP) is 6.56. The van der Waals surface area contributed by atoms with Crippen molar-refractivity contribution in [2.45, 2.75) is 12.8 Å². The van der Waals surface area contributed by atoms with Gasteiger partial charge < -0.3 is 19.9 Å². The maximum Gasteiger partial charge on any atom is 0.416 e. The first-order chi connectivity index (χ1) is 19.0. The fraction of sp³-hybridized carbons (Fsp3) is 0.185. The lowest BCUT2D eigenvalue weighted by molar-refractivity contribution is -0.137. The van der Waals surface area contributed by atoms with Gasteiger partial charge in [0.05, 0.1) is 35.1 Å². The van der Waals surface area contributed by atoms with Gasteiger partial charge in [0, 0.05) is 36.1 Å². The zero-order chi connectivity index (χ0) is 28.8. The van der Waals surface area contributed by atoms with Crippen LogP contribution in [0.3, 0.4) is 0 Å². The van der Waals surface area contributed by atoms with Crippen LogP contribution in [0, 0.1) is 17.5 Å². The second-order valence-corrected chi connectivity index (χ2v) is 9.47. The highest BCUT2D eigenvalue weighted by atomic mass is 35.5. The lowest BCUT2D eigenvalue weighted by atomic mass is 10.0. The third kappa shape index (κ3) is 5.24. The Bertz CT molecular complexity index is 1560. The number of piperazine rings is 1. The molecule has 40 heavy (non-hydrogen) atoms. The van der Waals surface area contributed by atoms with Crippen molar-refractivity contribution in [3.05, 3.63) is 94.5 Å². The minimum absolute atomic E-state index is 0.00657. The van der Waals surface area contributed by atoms with Gasteiger partial charge in [0.15, 0.2) is 17.5 Å². The summed E-state index contributed by atoms with van der Waals surface area (Å²) < 4.78 is 81.2. The third-order valence-electron chi connectivity index (χ3n) is 6.41. The normalized spacial score (nSPS) is 14.2. The van der Waals surface area contributed by atoms with E-state index in [0.717, 1.165) is 24.3 Å². The molecule has 4 aromatic rings. The number of rotatable bonds is 5. The van der Waals surface area contributed by atoms with E-state index in [2.05, 4.69) is 21.5 Å². The molecule has 208 valence electrons. The molecule has 0 unspecified atom stereocenters. The van der Waals surface area contributed by atoms with Crippen LogP contribution < -0.4 is 9.80 Å². The van der Waals surface area contributed by atoms with Gasteiger partial charge in [0.2, 0.25) is 5.95 Å². The molecule has 0 spiro atoms. The summed E-state index contributed by atoms with van der Waals surface area (Å²) in [6, 6.07) is 7.30. The summed E-state index contributed by atoms with van der Waals surface area (Å²) in [6.45, 7) is 4.89. The molecular formula is C27H20ClF6N5O. The van der Waals surface area contributed by atoms with Crippen LogP contribution >= 0.6 is 11.6 Å². The molecule has 3 heterocycles. The van der Waals surface area contributed by atoms with Crippen molar-refractivity contribution in [1.29, 1.82) is 0 Å². The number of alkyl halides is 3. The van der Waals surface area contributed by atoms with E-state index in [1.54, 1.807) is 11.0 Å². The van der Waals surface area contributed by atoms with E-state index in [1.807, 2.05) is 4.90 Å². The SMILES string of the molecule is C=C1CN(c2ncc(CO)cc2Cl)CCN1c1nc(-c2cc(F)c(F)c(F)c2)c(-c2ccc(C(F)(F)F)cc2)[nH]1. The van der Waals surface area contributed by atoms with Crippen molar-refractivity contribution in [3.8, 4) is 22.5 Å². The van der Waals surface area contributed by atoms with Crippen LogP contribution in [0.1, 0.15) is 11.1 Å². The molecule has 0 radical (unpaired) electrons. The minimum Gasteiger partial charge on any atom is -0.392 e. The summed E-state index contributed by atoms with van der Waals surface area (Å²) in [5.41, 5.74) is 0.555. The number of nitrogens with one attached hydrogen (secondary N) is 1. The quantitative estimate of drug-likeness (QED) is 0.207. The Balaban J connectivity index is 1.51. The molecular weight excluding hydrogens is 560 g/mol. The molecule has 5 rings (SSSR count). The van der Waals surface area contributed by atoms with Gasteiger partial charge >= 0.3 is 6.18 Å². The van der Waals surface area contributed by atoms with Crippen molar-refractivity contribution < 1.29 is 31.4 Å². The molecule has 2 aromatic heterocycles. The summed E-state index contributed by atoms with van der Waals surface area (Å²) in [5, 5.41) is 9.64. The van der Waals surface area contributed by atoms with Gasteiger partial charge in [0.1, 0.15) is 5.82 Å². The number of aromatic amines is 1. The molecule has 1 saturated heterocycles. The Hall–Kier alpha value is -4.03. The van der Waals surface area contributed by atoms with Crippen LogP contribution in [0.2, 0.25) is 5.02 Å². The molecule has 0 atom stereocenters. The lowest BCUT2D eigenvalue weighted by Gasteiger charge is -2.37. The number of halogens is 7. The third-order valence-corrected chi connectivity index (χ3v) is 6.69. The van der Waals surface area contributed by atoms with E-state index in [9.17, 15) is 31.4 Å². The Labute approximate surface area is 229 Å². The van der Waals surface area contributed by atoms with Crippen molar-refractivity contribution in [2.75, 3.05) is 29.4 Å². The van der Waals surface area contributed by atoms with Crippen LogP contribution in [0.5, 0.6) is 0 Å². The first kappa shape index (κ1) is 27.5. The van der Waals surface area contributed by atoms with Crippen LogP contribution in [-0.2, 0) is 12.8 Å². The molecule has 2 N–H and O–H groups in total. The van der Waals surface area contributed by atoms with Crippen molar-refractivity contribution >= 4 is 23.4 Å². The number of aromatic nitrogens is 3. The number of hydrogen-bond acceptors (Lipinski definition) is 5. The highest BCUT2D eigenvalue weighted by molar-refractivity contribution is 6.33.